The average molecular weight is 323 g/mol. The number of rotatable bonds is 0. The molecule has 0 N–H and O–H groups in total. The van der Waals surface area contributed by atoms with Crippen molar-refractivity contribution in [1.82, 2.24) is 18.8 Å². The number of aromatic nitrogens is 4. The summed E-state index contributed by atoms with van der Waals surface area (Å²) in [5.41, 5.74) is 6.71. The molecule has 0 saturated carbocycles. The molecule has 0 amide bonds. The standard InChI is InChI=1S/C20H13N5/c1-13-10-19-22-16-7-3-5-9-18(16)25(19)14(12-21)11-20-23-15-6-2-4-8-17(15)24(13)20/h2-11H,1H3. The maximum absolute atomic E-state index is 9.77. The molecule has 5 heteroatoms. The molecule has 3 heterocycles. The molecule has 0 atom stereocenters. The SMILES string of the molecule is Cc1cc2nc3ccccc3n2c(C#N)cc2nc3ccccc3n12. The fourth-order valence-corrected chi connectivity index (χ4v) is 3.43. The van der Waals surface area contributed by atoms with Crippen molar-refractivity contribution in [2.75, 3.05) is 0 Å². The topological polar surface area (TPSA) is 58.4 Å². The lowest BCUT2D eigenvalue weighted by atomic mass is 10.3. The first-order valence-electron chi connectivity index (χ1n) is 8.02. The van der Waals surface area contributed by atoms with Gasteiger partial charge < -0.3 is 0 Å². The first-order valence-corrected chi connectivity index (χ1v) is 8.02. The number of nitriles is 1. The Hall–Kier alpha value is -3.65. The molecule has 0 unspecified atom stereocenters. The summed E-state index contributed by atoms with van der Waals surface area (Å²) in [6, 6.07) is 22.0. The van der Waals surface area contributed by atoms with Crippen molar-refractivity contribution in [3.8, 4) is 6.07 Å². The Morgan fingerprint density at radius 2 is 1.36 bits per heavy atom. The van der Waals surface area contributed by atoms with Crippen LogP contribution < -0.4 is 0 Å². The summed E-state index contributed by atoms with van der Waals surface area (Å²) >= 11 is 0. The minimum absolute atomic E-state index is 0.504. The average Bonchev–Trinajstić information content (AvgIpc) is 3.15. The van der Waals surface area contributed by atoms with Gasteiger partial charge in [-0.1, -0.05) is 24.3 Å². The first kappa shape index (κ1) is 13.8. The lowest BCUT2D eigenvalue weighted by Crippen LogP contribution is -1.95. The Morgan fingerprint density at radius 1 is 0.800 bits per heavy atom. The maximum atomic E-state index is 9.77. The molecule has 3 aromatic heterocycles. The van der Waals surface area contributed by atoms with E-state index in [1.165, 1.54) is 0 Å². The van der Waals surface area contributed by atoms with E-state index in [0.717, 1.165) is 39.1 Å². The molecule has 5 rings (SSSR count). The summed E-state index contributed by atoms with van der Waals surface area (Å²) in [5.74, 6) is 0. The minimum Gasteiger partial charge on any atom is -0.297 e. The Balaban J connectivity index is 2.10. The predicted molar refractivity (Wildman–Crippen MR) is 97.2 cm³/mol. The third-order valence-electron chi connectivity index (χ3n) is 4.49. The van der Waals surface area contributed by atoms with Crippen LogP contribution in [0.3, 0.4) is 0 Å². The smallest absolute Gasteiger partial charge is 0.140 e. The molecule has 0 radical (unpaired) electrons. The van der Waals surface area contributed by atoms with Crippen LogP contribution in [0.2, 0.25) is 0 Å². The second-order valence-electron chi connectivity index (χ2n) is 6.02. The van der Waals surface area contributed by atoms with E-state index in [1.807, 2.05) is 72.0 Å². The third kappa shape index (κ3) is 1.88. The van der Waals surface area contributed by atoms with Crippen molar-refractivity contribution in [1.29, 1.82) is 5.26 Å². The fraction of sp³-hybridized carbons (Fsp3) is 0.0500. The number of imidazole rings is 2. The van der Waals surface area contributed by atoms with Crippen LogP contribution in [0.4, 0.5) is 0 Å². The predicted octanol–water partition coefficient (Wildman–Crippen LogP) is 4.03. The molecule has 0 fully saturated rings. The molecule has 25 heavy (non-hydrogen) atoms. The lowest BCUT2D eigenvalue weighted by Gasteiger charge is -2.02. The van der Waals surface area contributed by atoms with Crippen LogP contribution in [0.5, 0.6) is 0 Å². The Morgan fingerprint density at radius 3 is 2.00 bits per heavy atom. The van der Waals surface area contributed by atoms with E-state index in [2.05, 4.69) is 10.5 Å². The second kappa shape index (κ2) is 4.92. The van der Waals surface area contributed by atoms with E-state index in [4.69, 9.17) is 9.97 Å². The van der Waals surface area contributed by atoms with Crippen molar-refractivity contribution in [2.24, 2.45) is 0 Å². The summed E-state index contributed by atoms with van der Waals surface area (Å²) in [5, 5.41) is 9.77. The van der Waals surface area contributed by atoms with Crippen molar-refractivity contribution in [3.63, 3.8) is 0 Å². The number of fused-ring (bicyclic) bond motifs is 6. The first-order chi connectivity index (χ1) is 12.3. The molecule has 2 aromatic carbocycles. The Labute approximate surface area is 143 Å². The summed E-state index contributed by atoms with van der Waals surface area (Å²) < 4.78 is 3.96. The van der Waals surface area contributed by atoms with E-state index in [0.29, 0.717) is 5.69 Å². The highest BCUT2D eigenvalue weighted by Crippen LogP contribution is 2.22. The van der Waals surface area contributed by atoms with Crippen LogP contribution in [0.15, 0.2) is 60.7 Å². The third-order valence-corrected chi connectivity index (χ3v) is 4.49. The van der Waals surface area contributed by atoms with Crippen LogP contribution in [-0.4, -0.2) is 18.8 Å². The van der Waals surface area contributed by atoms with Gasteiger partial charge in [-0.2, -0.15) is 5.26 Å². The van der Waals surface area contributed by atoms with Crippen LogP contribution in [0.1, 0.15) is 11.4 Å². The number of hydrogen-bond donors (Lipinski definition) is 0. The zero-order chi connectivity index (χ0) is 17.0. The number of aryl methyl sites for hydroxylation is 1. The highest BCUT2D eigenvalue weighted by atomic mass is 15.0. The number of hydrogen-bond acceptors (Lipinski definition) is 3. The number of nitrogens with zero attached hydrogens (tertiary/aromatic N) is 5. The summed E-state index contributed by atoms with van der Waals surface area (Å²) in [4.78, 5) is 9.40. The van der Waals surface area contributed by atoms with Gasteiger partial charge in [-0.25, -0.2) is 9.97 Å². The van der Waals surface area contributed by atoms with E-state index in [9.17, 15) is 5.26 Å². The molecule has 118 valence electrons. The highest BCUT2D eigenvalue weighted by Gasteiger charge is 2.11. The lowest BCUT2D eigenvalue weighted by molar-refractivity contribution is 1.10. The van der Waals surface area contributed by atoms with Gasteiger partial charge in [0.1, 0.15) is 23.1 Å². The Kier molecular flexibility index (Phi) is 2.71. The van der Waals surface area contributed by atoms with Gasteiger partial charge in [0, 0.05) is 17.8 Å². The van der Waals surface area contributed by atoms with Crippen LogP contribution in [0.25, 0.3) is 33.4 Å². The second-order valence-corrected chi connectivity index (χ2v) is 6.02. The van der Waals surface area contributed by atoms with Gasteiger partial charge in [-0.3, -0.25) is 8.80 Å². The van der Waals surface area contributed by atoms with E-state index in [1.54, 1.807) is 0 Å². The zero-order valence-electron chi connectivity index (χ0n) is 13.5. The minimum atomic E-state index is 0.504. The number of para-hydroxylation sites is 4. The van der Waals surface area contributed by atoms with Crippen molar-refractivity contribution >= 4 is 33.4 Å². The van der Waals surface area contributed by atoms with Gasteiger partial charge in [0.2, 0.25) is 0 Å². The van der Waals surface area contributed by atoms with Crippen LogP contribution in [-0.2, 0) is 0 Å². The van der Waals surface area contributed by atoms with Crippen molar-refractivity contribution in [3.05, 3.63) is 72.1 Å². The van der Waals surface area contributed by atoms with E-state index in [-0.39, 0.29) is 0 Å². The monoisotopic (exact) mass is 323 g/mol. The summed E-state index contributed by atoms with van der Waals surface area (Å²) in [6.07, 6.45) is 0. The van der Waals surface area contributed by atoms with Crippen LogP contribution in [0, 0.1) is 18.3 Å². The largest absolute Gasteiger partial charge is 0.297 e. The Bertz CT molecular complexity index is 1360. The summed E-state index contributed by atoms with van der Waals surface area (Å²) in [7, 11) is 0. The zero-order valence-corrected chi connectivity index (χ0v) is 13.5. The quantitative estimate of drug-likeness (QED) is 0.432. The number of benzene rings is 2. The molecule has 0 aliphatic carbocycles. The van der Waals surface area contributed by atoms with E-state index >= 15 is 0 Å². The molecule has 5 aromatic rings. The van der Waals surface area contributed by atoms with Crippen LogP contribution >= 0.6 is 0 Å². The molecule has 0 bridgehead atoms. The summed E-state index contributed by atoms with van der Waals surface area (Å²) in [6.45, 7) is 2.03. The van der Waals surface area contributed by atoms with Crippen molar-refractivity contribution in [2.45, 2.75) is 6.92 Å². The van der Waals surface area contributed by atoms with E-state index < -0.39 is 0 Å². The molecule has 0 aliphatic rings. The maximum Gasteiger partial charge on any atom is 0.140 e. The van der Waals surface area contributed by atoms with Gasteiger partial charge in [-0.15, -0.1) is 0 Å². The van der Waals surface area contributed by atoms with Gasteiger partial charge in [0.25, 0.3) is 0 Å². The van der Waals surface area contributed by atoms with Gasteiger partial charge >= 0.3 is 0 Å². The van der Waals surface area contributed by atoms with Crippen molar-refractivity contribution < 1.29 is 0 Å². The van der Waals surface area contributed by atoms with Gasteiger partial charge in [0.05, 0.1) is 22.1 Å². The fourth-order valence-electron chi connectivity index (χ4n) is 3.43. The van der Waals surface area contributed by atoms with Gasteiger partial charge in [0.15, 0.2) is 0 Å². The molecular formula is C20H13N5. The molecular weight excluding hydrogens is 310 g/mol. The highest BCUT2D eigenvalue weighted by molar-refractivity contribution is 5.83. The molecule has 0 saturated heterocycles. The van der Waals surface area contributed by atoms with Gasteiger partial charge in [-0.05, 0) is 31.2 Å². The molecule has 5 nitrogen and oxygen atoms in total. The normalized spacial score (nSPS) is 11.4. The molecule has 0 spiro atoms. The molecule has 0 aliphatic heterocycles.